The number of carbonyl (C=O) groups is 1. The summed E-state index contributed by atoms with van der Waals surface area (Å²) >= 11 is 3.17. The molecule has 3 nitrogen and oxygen atoms in total. The molecule has 130 valence electrons. The van der Waals surface area contributed by atoms with E-state index in [1.165, 1.54) is 25.3 Å². The number of nitrogens with zero attached hydrogens (tertiary/aromatic N) is 1. The second-order valence-corrected chi connectivity index (χ2v) is 9.06. The predicted molar refractivity (Wildman–Crippen MR) is 96.2 cm³/mol. The molecule has 0 spiro atoms. The van der Waals surface area contributed by atoms with E-state index < -0.39 is 0 Å². The highest BCUT2D eigenvalue weighted by Crippen LogP contribution is 2.61. The van der Waals surface area contributed by atoms with Crippen LogP contribution in [-0.4, -0.2) is 11.9 Å². The van der Waals surface area contributed by atoms with E-state index in [0.717, 1.165) is 42.6 Å². The van der Waals surface area contributed by atoms with Crippen LogP contribution in [0.3, 0.4) is 0 Å². The van der Waals surface area contributed by atoms with Crippen molar-refractivity contribution >= 4 is 33.9 Å². The van der Waals surface area contributed by atoms with Crippen molar-refractivity contribution in [2.45, 2.75) is 38.5 Å². The molecule has 4 fully saturated rings. The van der Waals surface area contributed by atoms with Crippen molar-refractivity contribution in [1.29, 1.82) is 0 Å². The van der Waals surface area contributed by atoms with Crippen LogP contribution in [0, 0.1) is 29.0 Å². The van der Waals surface area contributed by atoms with Gasteiger partial charge in [0.1, 0.15) is 5.82 Å². The Kier molecular flexibility index (Phi) is 3.46. The first-order valence-corrected chi connectivity index (χ1v) is 9.78. The van der Waals surface area contributed by atoms with Crippen LogP contribution >= 0.6 is 15.9 Å². The average molecular weight is 404 g/mol. The lowest BCUT2D eigenvalue weighted by Crippen LogP contribution is -2.50. The van der Waals surface area contributed by atoms with E-state index in [0.29, 0.717) is 16.1 Å². The molecule has 1 aromatic rings. The van der Waals surface area contributed by atoms with Crippen LogP contribution in [0.15, 0.2) is 33.4 Å². The number of halogens is 2. The van der Waals surface area contributed by atoms with Gasteiger partial charge in [-0.2, -0.15) is 0 Å². The minimum absolute atomic E-state index is 0.0244. The van der Waals surface area contributed by atoms with Gasteiger partial charge >= 0.3 is 5.97 Å². The molecular weight excluding hydrogens is 385 g/mol. The second kappa shape index (κ2) is 5.50. The zero-order valence-electron chi connectivity index (χ0n) is 13.8. The van der Waals surface area contributed by atoms with E-state index in [-0.39, 0.29) is 17.2 Å². The highest BCUT2D eigenvalue weighted by atomic mass is 79.9. The van der Waals surface area contributed by atoms with Crippen LogP contribution in [0.2, 0.25) is 0 Å². The van der Waals surface area contributed by atoms with Crippen LogP contribution in [0.1, 0.15) is 44.1 Å². The first kappa shape index (κ1) is 15.7. The maximum Gasteiger partial charge on any atom is 0.363 e. The SMILES string of the molecule is O=C1OC(C23CC4CC(CC(C4)C2)C3)=N/C1=C\c1ccc(F)c(Br)c1. The fourth-order valence-corrected chi connectivity index (χ4v) is 6.17. The Bertz CT molecular complexity index is 794. The van der Waals surface area contributed by atoms with Gasteiger partial charge in [0.05, 0.1) is 4.47 Å². The average Bonchev–Trinajstić information content (AvgIpc) is 2.91. The molecule has 4 aliphatic carbocycles. The van der Waals surface area contributed by atoms with Gasteiger partial charge in [0.2, 0.25) is 5.90 Å². The smallest absolute Gasteiger partial charge is 0.363 e. The van der Waals surface area contributed by atoms with E-state index in [1.807, 2.05) is 0 Å². The number of carbonyl (C=O) groups excluding carboxylic acids is 1. The monoisotopic (exact) mass is 403 g/mol. The molecule has 0 aromatic heterocycles. The van der Waals surface area contributed by atoms with Crippen molar-refractivity contribution in [3.05, 3.63) is 39.7 Å². The Morgan fingerprint density at radius 1 is 1.16 bits per heavy atom. The number of benzene rings is 1. The molecule has 0 N–H and O–H groups in total. The van der Waals surface area contributed by atoms with Gasteiger partial charge in [-0.25, -0.2) is 14.2 Å². The van der Waals surface area contributed by atoms with E-state index in [9.17, 15) is 9.18 Å². The number of hydrogen-bond donors (Lipinski definition) is 0. The van der Waals surface area contributed by atoms with E-state index in [4.69, 9.17) is 4.74 Å². The third kappa shape index (κ3) is 2.59. The zero-order chi connectivity index (χ0) is 17.2. The number of aliphatic imine (C=N–C) groups is 1. The summed E-state index contributed by atoms with van der Waals surface area (Å²) < 4.78 is 19.4. The topological polar surface area (TPSA) is 38.7 Å². The van der Waals surface area contributed by atoms with Gasteiger partial charge in [-0.15, -0.1) is 0 Å². The molecule has 1 aromatic carbocycles. The lowest BCUT2D eigenvalue weighted by molar-refractivity contribution is -0.131. The summed E-state index contributed by atoms with van der Waals surface area (Å²) in [6.07, 6.45) is 9.04. The van der Waals surface area contributed by atoms with Crippen molar-refractivity contribution in [2.75, 3.05) is 0 Å². The van der Waals surface area contributed by atoms with Crippen LogP contribution in [0.25, 0.3) is 6.08 Å². The molecule has 5 heteroatoms. The van der Waals surface area contributed by atoms with Crippen molar-refractivity contribution in [1.82, 2.24) is 0 Å². The largest absolute Gasteiger partial charge is 0.406 e. The maximum atomic E-state index is 13.4. The molecule has 0 unspecified atom stereocenters. The minimum Gasteiger partial charge on any atom is -0.406 e. The van der Waals surface area contributed by atoms with Gasteiger partial charge < -0.3 is 4.74 Å². The van der Waals surface area contributed by atoms with Crippen LogP contribution in [0.4, 0.5) is 4.39 Å². The Labute approximate surface area is 154 Å². The van der Waals surface area contributed by atoms with Crippen LogP contribution in [-0.2, 0) is 9.53 Å². The maximum absolute atomic E-state index is 13.4. The Balaban J connectivity index is 1.48. The first-order chi connectivity index (χ1) is 12.0. The quantitative estimate of drug-likeness (QED) is 0.508. The highest BCUT2D eigenvalue weighted by Gasteiger charge is 2.55. The zero-order valence-corrected chi connectivity index (χ0v) is 15.4. The second-order valence-electron chi connectivity index (χ2n) is 8.21. The molecule has 1 heterocycles. The van der Waals surface area contributed by atoms with Crippen molar-refractivity contribution in [3.63, 3.8) is 0 Å². The number of hydrogen-bond acceptors (Lipinski definition) is 3. The molecule has 25 heavy (non-hydrogen) atoms. The van der Waals surface area contributed by atoms with Gasteiger partial charge in [-0.1, -0.05) is 6.07 Å². The standard InChI is InChI=1S/C20H19BrFNO2/c21-15-6-11(1-2-16(15)22)7-17-18(24)25-19(23-17)20-8-12-3-13(9-20)5-14(4-12)10-20/h1-2,6-7,12-14H,3-5,8-10H2/b17-7-. The van der Waals surface area contributed by atoms with Gasteiger partial charge in [0.25, 0.3) is 0 Å². The molecule has 5 aliphatic rings. The van der Waals surface area contributed by atoms with Gasteiger partial charge in [-0.3, -0.25) is 0 Å². The number of cyclic esters (lactones) is 1. The van der Waals surface area contributed by atoms with Crippen molar-refractivity contribution in [3.8, 4) is 0 Å². The normalized spacial score (nSPS) is 37.5. The Hall–Kier alpha value is -1.49. The molecule has 4 bridgehead atoms. The van der Waals surface area contributed by atoms with E-state index in [1.54, 1.807) is 18.2 Å². The van der Waals surface area contributed by atoms with E-state index in [2.05, 4.69) is 20.9 Å². The minimum atomic E-state index is -0.383. The van der Waals surface area contributed by atoms with Crippen LogP contribution < -0.4 is 0 Å². The van der Waals surface area contributed by atoms with Gasteiger partial charge in [0.15, 0.2) is 5.70 Å². The lowest BCUT2D eigenvalue weighted by Gasteiger charge is -2.55. The third-order valence-electron chi connectivity index (χ3n) is 6.36. The first-order valence-electron chi connectivity index (χ1n) is 8.99. The summed E-state index contributed by atoms with van der Waals surface area (Å²) in [5, 5.41) is 0. The number of ether oxygens (including phenoxy) is 1. The molecule has 0 atom stereocenters. The van der Waals surface area contributed by atoms with Crippen molar-refractivity contribution < 1.29 is 13.9 Å². The fraction of sp³-hybridized carbons (Fsp3) is 0.500. The molecule has 6 rings (SSSR count). The summed E-state index contributed by atoms with van der Waals surface area (Å²) in [7, 11) is 0. The summed E-state index contributed by atoms with van der Waals surface area (Å²) in [6.45, 7) is 0. The summed E-state index contributed by atoms with van der Waals surface area (Å²) in [5.74, 6) is 2.25. The third-order valence-corrected chi connectivity index (χ3v) is 6.97. The number of esters is 1. The van der Waals surface area contributed by atoms with Crippen LogP contribution in [0.5, 0.6) is 0 Å². The molecule has 1 aliphatic heterocycles. The van der Waals surface area contributed by atoms with Gasteiger partial charge in [0, 0.05) is 5.41 Å². The molecule has 0 saturated heterocycles. The molecule has 0 radical (unpaired) electrons. The molecule has 4 saturated carbocycles. The summed E-state index contributed by atoms with van der Waals surface area (Å²) in [5.41, 5.74) is 1.03. The lowest BCUT2D eigenvalue weighted by atomic mass is 9.49. The predicted octanol–water partition coefficient (Wildman–Crippen LogP) is 5.10. The Morgan fingerprint density at radius 3 is 2.40 bits per heavy atom. The van der Waals surface area contributed by atoms with Gasteiger partial charge in [-0.05, 0) is 96.0 Å². The number of rotatable bonds is 2. The highest BCUT2D eigenvalue weighted by molar-refractivity contribution is 9.10. The summed E-state index contributed by atoms with van der Waals surface area (Å²) in [4.78, 5) is 16.9. The van der Waals surface area contributed by atoms with Crippen molar-refractivity contribution in [2.24, 2.45) is 28.2 Å². The summed E-state index contributed by atoms with van der Waals surface area (Å²) in [6, 6.07) is 4.66. The molecule has 0 amide bonds. The van der Waals surface area contributed by atoms with E-state index >= 15 is 0 Å². The molecular formula is C20H19BrFNO2. The fourth-order valence-electron chi connectivity index (χ4n) is 5.77. The Morgan fingerprint density at radius 2 is 1.80 bits per heavy atom.